The Hall–Kier alpha value is -0.0800. The van der Waals surface area contributed by atoms with Crippen LogP contribution in [0.5, 0.6) is 0 Å². The highest BCUT2D eigenvalue weighted by atomic mass is 15.2. The highest BCUT2D eigenvalue weighted by molar-refractivity contribution is 4.88. The van der Waals surface area contributed by atoms with Gasteiger partial charge in [-0.1, -0.05) is 6.92 Å². The number of piperidine rings is 1. The van der Waals surface area contributed by atoms with Gasteiger partial charge in [-0.25, -0.2) is 0 Å². The van der Waals surface area contributed by atoms with E-state index in [1.807, 2.05) is 0 Å². The van der Waals surface area contributed by atoms with Crippen molar-refractivity contribution in [1.29, 1.82) is 0 Å². The largest absolute Gasteiger partial charge is 0.303 e. The first kappa shape index (κ1) is 10.4. The molecule has 2 heteroatoms. The van der Waals surface area contributed by atoms with Crippen molar-refractivity contribution < 1.29 is 0 Å². The summed E-state index contributed by atoms with van der Waals surface area (Å²) in [6.45, 7) is 6.24. The molecule has 0 aromatic carbocycles. The Morgan fingerprint density at radius 1 is 1.07 bits per heavy atom. The molecule has 1 saturated carbocycles. The zero-order valence-electron chi connectivity index (χ0n) is 9.71. The molecule has 0 aromatic heterocycles. The fourth-order valence-corrected chi connectivity index (χ4v) is 2.65. The van der Waals surface area contributed by atoms with Crippen molar-refractivity contribution in [3.8, 4) is 0 Å². The van der Waals surface area contributed by atoms with Gasteiger partial charge in [-0.3, -0.25) is 0 Å². The number of likely N-dealkylation sites (tertiary alicyclic amines) is 1. The highest BCUT2D eigenvalue weighted by Crippen LogP contribution is 2.30. The van der Waals surface area contributed by atoms with E-state index in [1.165, 1.54) is 51.7 Å². The van der Waals surface area contributed by atoms with E-state index in [1.54, 1.807) is 0 Å². The lowest BCUT2D eigenvalue weighted by molar-refractivity contribution is 0.123. The molecule has 2 nitrogen and oxygen atoms in total. The molecule has 1 aliphatic heterocycles. The highest BCUT2D eigenvalue weighted by Gasteiger charge is 2.32. The molecule has 0 N–H and O–H groups in total. The number of rotatable bonds is 4. The monoisotopic (exact) mass is 196 g/mol. The predicted octanol–water partition coefficient (Wildman–Crippen LogP) is 1.95. The van der Waals surface area contributed by atoms with Gasteiger partial charge in [0.15, 0.2) is 0 Å². The van der Waals surface area contributed by atoms with E-state index in [9.17, 15) is 0 Å². The lowest BCUT2D eigenvalue weighted by Crippen LogP contribution is -2.44. The van der Waals surface area contributed by atoms with Crippen LogP contribution in [-0.2, 0) is 0 Å². The maximum Gasteiger partial charge on any atom is 0.0119 e. The third-order valence-corrected chi connectivity index (χ3v) is 3.80. The summed E-state index contributed by atoms with van der Waals surface area (Å²) < 4.78 is 0. The molecule has 82 valence electrons. The van der Waals surface area contributed by atoms with Crippen LogP contribution in [0.3, 0.4) is 0 Å². The van der Waals surface area contributed by atoms with E-state index in [0.29, 0.717) is 0 Å². The van der Waals surface area contributed by atoms with Gasteiger partial charge in [0.2, 0.25) is 0 Å². The molecule has 2 aliphatic rings. The van der Waals surface area contributed by atoms with Gasteiger partial charge in [-0.05, 0) is 58.8 Å². The first-order valence-electron chi connectivity index (χ1n) is 6.25. The Kier molecular flexibility index (Phi) is 3.45. The minimum Gasteiger partial charge on any atom is -0.303 e. The van der Waals surface area contributed by atoms with Crippen molar-refractivity contribution in [3.63, 3.8) is 0 Å². The van der Waals surface area contributed by atoms with Crippen LogP contribution in [0.15, 0.2) is 0 Å². The van der Waals surface area contributed by atoms with Crippen molar-refractivity contribution in [1.82, 2.24) is 9.80 Å². The SMILES string of the molecule is CCCN1CCC(N(C)C2CC2)CC1. The van der Waals surface area contributed by atoms with Gasteiger partial charge < -0.3 is 9.80 Å². The fourth-order valence-electron chi connectivity index (χ4n) is 2.65. The topological polar surface area (TPSA) is 6.48 Å². The Labute approximate surface area is 88.3 Å². The van der Waals surface area contributed by atoms with Crippen molar-refractivity contribution in [2.45, 2.75) is 51.1 Å². The van der Waals surface area contributed by atoms with Gasteiger partial charge in [0.25, 0.3) is 0 Å². The standard InChI is InChI=1S/C12H24N2/c1-3-8-14-9-6-12(7-10-14)13(2)11-4-5-11/h11-12H,3-10H2,1-2H3. The summed E-state index contributed by atoms with van der Waals surface area (Å²) in [4.78, 5) is 5.26. The van der Waals surface area contributed by atoms with E-state index in [-0.39, 0.29) is 0 Å². The van der Waals surface area contributed by atoms with Crippen LogP contribution in [0, 0.1) is 0 Å². The lowest BCUT2D eigenvalue weighted by Gasteiger charge is -2.36. The Bertz CT molecular complexity index is 169. The predicted molar refractivity (Wildman–Crippen MR) is 60.5 cm³/mol. The first-order valence-corrected chi connectivity index (χ1v) is 6.25. The summed E-state index contributed by atoms with van der Waals surface area (Å²) >= 11 is 0. The molecule has 0 aromatic rings. The van der Waals surface area contributed by atoms with Gasteiger partial charge >= 0.3 is 0 Å². The van der Waals surface area contributed by atoms with Crippen LogP contribution in [0.25, 0.3) is 0 Å². The smallest absolute Gasteiger partial charge is 0.0119 e. The van der Waals surface area contributed by atoms with Crippen molar-refractivity contribution in [2.24, 2.45) is 0 Å². The lowest BCUT2D eigenvalue weighted by atomic mass is 10.0. The van der Waals surface area contributed by atoms with Crippen molar-refractivity contribution in [3.05, 3.63) is 0 Å². The minimum atomic E-state index is 0.885. The molecule has 2 fully saturated rings. The molecular weight excluding hydrogens is 172 g/mol. The Balaban J connectivity index is 1.71. The maximum absolute atomic E-state index is 2.64. The second-order valence-corrected chi connectivity index (χ2v) is 4.97. The Morgan fingerprint density at radius 2 is 1.64 bits per heavy atom. The van der Waals surface area contributed by atoms with Crippen molar-refractivity contribution in [2.75, 3.05) is 26.7 Å². The summed E-state index contributed by atoms with van der Waals surface area (Å²) in [6, 6.07) is 1.83. The first-order chi connectivity index (χ1) is 6.81. The zero-order valence-corrected chi connectivity index (χ0v) is 9.71. The van der Waals surface area contributed by atoms with Crippen LogP contribution >= 0.6 is 0 Å². The van der Waals surface area contributed by atoms with Gasteiger partial charge in [0.1, 0.15) is 0 Å². The van der Waals surface area contributed by atoms with Crippen LogP contribution in [0.4, 0.5) is 0 Å². The molecule has 1 saturated heterocycles. The van der Waals surface area contributed by atoms with Gasteiger partial charge in [0.05, 0.1) is 0 Å². The second kappa shape index (κ2) is 4.63. The molecule has 1 heterocycles. The van der Waals surface area contributed by atoms with Crippen LogP contribution in [0.2, 0.25) is 0 Å². The Morgan fingerprint density at radius 3 is 2.14 bits per heavy atom. The molecular formula is C12H24N2. The van der Waals surface area contributed by atoms with E-state index >= 15 is 0 Å². The minimum absolute atomic E-state index is 0.885. The third kappa shape index (κ3) is 2.48. The summed E-state index contributed by atoms with van der Waals surface area (Å²) in [5, 5.41) is 0. The second-order valence-electron chi connectivity index (χ2n) is 4.97. The summed E-state index contributed by atoms with van der Waals surface area (Å²) in [5.41, 5.74) is 0. The molecule has 14 heavy (non-hydrogen) atoms. The van der Waals surface area contributed by atoms with E-state index < -0.39 is 0 Å². The molecule has 0 radical (unpaired) electrons. The normalized spacial score (nSPS) is 25.9. The summed E-state index contributed by atoms with van der Waals surface area (Å²) in [5.74, 6) is 0. The molecule has 0 amide bonds. The molecule has 0 unspecified atom stereocenters. The van der Waals surface area contributed by atoms with Crippen LogP contribution < -0.4 is 0 Å². The summed E-state index contributed by atoms with van der Waals surface area (Å²) in [7, 11) is 2.33. The van der Waals surface area contributed by atoms with Crippen molar-refractivity contribution >= 4 is 0 Å². The van der Waals surface area contributed by atoms with Gasteiger partial charge in [-0.2, -0.15) is 0 Å². The molecule has 0 atom stereocenters. The van der Waals surface area contributed by atoms with Gasteiger partial charge in [-0.15, -0.1) is 0 Å². The van der Waals surface area contributed by atoms with E-state index in [0.717, 1.165) is 12.1 Å². The summed E-state index contributed by atoms with van der Waals surface area (Å²) in [6.07, 6.45) is 7.00. The number of hydrogen-bond acceptors (Lipinski definition) is 2. The zero-order chi connectivity index (χ0) is 9.97. The van der Waals surface area contributed by atoms with Crippen LogP contribution in [-0.4, -0.2) is 48.6 Å². The molecule has 0 bridgehead atoms. The van der Waals surface area contributed by atoms with Crippen LogP contribution in [0.1, 0.15) is 39.0 Å². The fraction of sp³-hybridized carbons (Fsp3) is 1.00. The maximum atomic E-state index is 2.64. The average molecular weight is 196 g/mol. The number of hydrogen-bond donors (Lipinski definition) is 0. The van der Waals surface area contributed by atoms with Gasteiger partial charge in [0, 0.05) is 12.1 Å². The average Bonchev–Trinajstić information content (AvgIpc) is 3.02. The van der Waals surface area contributed by atoms with E-state index in [4.69, 9.17) is 0 Å². The quantitative estimate of drug-likeness (QED) is 0.678. The van der Waals surface area contributed by atoms with E-state index in [2.05, 4.69) is 23.8 Å². The molecule has 2 rings (SSSR count). The molecule has 0 spiro atoms. The third-order valence-electron chi connectivity index (χ3n) is 3.80. The molecule has 1 aliphatic carbocycles. The number of nitrogens with zero attached hydrogens (tertiary/aromatic N) is 2.